The highest BCUT2D eigenvalue weighted by atomic mass is 16.5. The molecule has 6 amide bonds. The van der Waals surface area contributed by atoms with Gasteiger partial charge in [-0.05, 0) is 81.1 Å². The lowest BCUT2D eigenvalue weighted by Crippen LogP contribution is -2.47. The molecule has 10 N–H and O–H groups in total. The number of carbonyl (C=O) groups excluding carboxylic acids is 6. The van der Waals surface area contributed by atoms with Gasteiger partial charge in [-0.15, -0.1) is 0 Å². The van der Waals surface area contributed by atoms with Gasteiger partial charge in [-0.25, -0.2) is 24.5 Å². The first-order chi connectivity index (χ1) is 35.8. The standard InChI is InChI=1S/C26H35N3O9.C25H31N3O9/c1-4-7-8-9-17(18(5-2)29(36)15-30)24(32)27-14-28-25(33)21-11-10-20(38-21)16-12-19(31)23(26(34)35)22(13-16)37-6-3;1-3-5-6-7-17(19(4-2)28(36)14-29)22(30)26-13-27-23(31)21-11-10-20(37-21)15-8-9-16(24(32)33)18(12-15)25(34)35/h10-13,15,17-18,31,36H,4-9,14H2,1-3H3,(H,27,32)(H,28,33)(H,34,35);8-12,14,17,19,36H,3-7,13H2,1-2H3,(H,26,30)(H,27,31)(H,32,33)(H,34,35)/t17?,18-;17?,19-/m11/s1. The molecule has 75 heavy (non-hydrogen) atoms. The number of phenols is 1. The maximum Gasteiger partial charge on any atom is 0.343 e. The summed E-state index contributed by atoms with van der Waals surface area (Å²) in [4.78, 5) is 107. The van der Waals surface area contributed by atoms with Crippen molar-refractivity contribution >= 4 is 54.4 Å². The van der Waals surface area contributed by atoms with E-state index in [9.17, 15) is 68.9 Å². The van der Waals surface area contributed by atoms with Gasteiger partial charge in [0.25, 0.3) is 11.8 Å². The molecule has 0 spiro atoms. The molecular weight excluding hydrogens is 985 g/mol. The van der Waals surface area contributed by atoms with E-state index in [1.165, 1.54) is 42.5 Å². The summed E-state index contributed by atoms with van der Waals surface area (Å²) >= 11 is 0. The molecule has 0 aliphatic rings. The van der Waals surface area contributed by atoms with Crippen molar-refractivity contribution in [1.82, 2.24) is 31.4 Å². The Balaban J connectivity index is 0.000000395. The number of ether oxygens (including phenoxy) is 1. The van der Waals surface area contributed by atoms with Gasteiger partial charge in [0, 0.05) is 11.1 Å². The molecule has 0 radical (unpaired) electrons. The number of nitrogens with one attached hydrogen (secondary N) is 4. The lowest BCUT2D eigenvalue weighted by atomic mass is 9.90. The Labute approximate surface area is 431 Å². The quantitative estimate of drug-likeness (QED) is 0.00863. The van der Waals surface area contributed by atoms with Gasteiger partial charge in [0.15, 0.2) is 11.5 Å². The van der Waals surface area contributed by atoms with Crippen LogP contribution in [-0.2, 0) is 19.2 Å². The molecule has 2 aromatic heterocycles. The number of carboxylic acid groups (broad SMARTS) is 3. The number of rotatable bonds is 31. The van der Waals surface area contributed by atoms with Crippen molar-refractivity contribution in [3.63, 3.8) is 0 Å². The largest absolute Gasteiger partial charge is 0.507 e. The number of aromatic carboxylic acids is 3. The highest BCUT2D eigenvalue weighted by molar-refractivity contribution is 6.03. The highest BCUT2D eigenvalue weighted by Crippen LogP contribution is 2.35. The minimum Gasteiger partial charge on any atom is -0.507 e. The number of benzene rings is 2. The molecule has 2 aromatic carbocycles. The number of amides is 6. The Hall–Kier alpha value is -8.25. The molecule has 0 saturated carbocycles. The molecule has 408 valence electrons. The summed E-state index contributed by atoms with van der Waals surface area (Å²) in [7, 11) is 0. The number of nitrogens with zero attached hydrogens (tertiary/aromatic N) is 2. The minimum absolute atomic E-state index is 0.0463. The molecule has 0 aliphatic carbocycles. The number of carboxylic acids is 3. The zero-order chi connectivity index (χ0) is 55.8. The maximum absolute atomic E-state index is 12.8. The van der Waals surface area contributed by atoms with Gasteiger partial charge in [0.2, 0.25) is 24.6 Å². The van der Waals surface area contributed by atoms with Gasteiger partial charge in [-0.1, -0.05) is 72.3 Å². The van der Waals surface area contributed by atoms with E-state index in [0.29, 0.717) is 41.4 Å². The van der Waals surface area contributed by atoms with Crippen LogP contribution in [0.3, 0.4) is 0 Å². The molecule has 4 atom stereocenters. The number of unbranched alkanes of at least 4 members (excludes halogenated alkanes) is 4. The number of hydrogen-bond donors (Lipinski definition) is 10. The van der Waals surface area contributed by atoms with Crippen LogP contribution >= 0.6 is 0 Å². The highest BCUT2D eigenvalue weighted by Gasteiger charge is 2.32. The molecule has 4 rings (SSSR count). The van der Waals surface area contributed by atoms with Gasteiger partial charge in [-0.2, -0.15) is 0 Å². The third kappa shape index (κ3) is 17.4. The second-order valence-electron chi connectivity index (χ2n) is 16.9. The second kappa shape index (κ2) is 30.7. The average molecular weight is 1050 g/mol. The third-order valence-corrected chi connectivity index (χ3v) is 11.9. The molecule has 2 heterocycles. The van der Waals surface area contributed by atoms with Gasteiger partial charge in [0.05, 0.1) is 55.0 Å². The number of hydrogen-bond acceptors (Lipinski definition) is 15. The van der Waals surface area contributed by atoms with Crippen molar-refractivity contribution < 1.29 is 87.6 Å². The van der Waals surface area contributed by atoms with Gasteiger partial charge >= 0.3 is 17.9 Å². The summed E-state index contributed by atoms with van der Waals surface area (Å²) in [6, 6.07) is 10.5. The molecule has 4 aromatic rings. The topological polar surface area (TPSA) is 365 Å². The van der Waals surface area contributed by atoms with E-state index in [2.05, 4.69) is 21.3 Å². The molecule has 0 fully saturated rings. The van der Waals surface area contributed by atoms with Crippen LogP contribution < -0.4 is 26.0 Å². The SMILES string of the molecule is CCCCCC(C(=O)NCNC(=O)c1ccc(-c2cc(O)c(C(=O)O)c(OCC)c2)o1)[C@@H](CC)N(O)C=O.CCCCCC(C(=O)NCNC(=O)c1ccc(-c2ccc(C(=O)O)c(C(=O)O)c2)o1)[C@@H](CC)N(O)C=O. The smallest absolute Gasteiger partial charge is 0.343 e. The van der Waals surface area contributed by atoms with Crippen LogP contribution in [0.4, 0.5) is 0 Å². The van der Waals surface area contributed by atoms with E-state index < -0.39 is 76.8 Å². The Morgan fingerprint density at radius 2 is 1.05 bits per heavy atom. The summed E-state index contributed by atoms with van der Waals surface area (Å²) < 4.78 is 16.4. The fraction of sp³-hybridized carbons (Fsp3) is 0.431. The first-order valence-electron chi connectivity index (χ1n) is 24.3. The number of aromatic hydroxyl groups is 1. The molecule has 0 saturated heterocycles. The van der Waals surface area contributed by atoms with Gasteiger partial charge < -0.3 is 55.3 Å². The van der Waals surface area contributed by atoms with Crippen molar-refractivity contribution in [2.75, 3.05) is 19.9 Å². The van der Waals surface area contributed by atoms with Crippen molar-refractivity contribution in [2.45, 2.75) is 111 Å². The van der Waals surface area contributed by atoms with E-state index in [4.69, 9.17) is 18.7 Å². The third-order valence-electron chi connectivity index (χ3n) is 11.9. The van der Waals surface area contributed by atoms with Gasteiger partial charge in [0.1, 0.15) is 28.6 Å². The van der Waals surface area contributed by atoms with Crippen LogP contribution in [-0.4, -0.2) is 127 Å². The van der Waals surface area contributed by atoms with E-state index in [1.54, 1.807) is 20.8 Å². The van der Waals surface area contributed by atoms with Crippen molar-refractivity contribution in [1.29, 1.82) is 0 Å². The van der Waals surface area contributed by atoms with Crippen LogP contribution in [0.2, 0.25) is 0 Å². The molecule has 0 bridgehead atoms. The molecule has 24 heteroatoms. The first-order valence-corrected chi connectivity index (χ1v) is 24.3. The Morgan fingerprint density at radius 3 is 1.45 bits per heavy atom. The van der Waals surface area contributed by atoms with Crippen LogP contribution in [0.1, 0.15) is 151 Å². The summed E-state index contributed by atoms with van der Waals surface area (Å²) in [5.74, 6) is -8.03. The summed E-state index contributed by atoms with van der Waals surface area (Å²) in [6.07, 6.45) is 7.33. The maximum atomic E-state index is 12.8. The number of furan rings is 2. The Morgan fingerprint density at radius 1 is 0.587 bits per heavy atom. The van der Waals surface area contributed by atoms with Crippen LogP contribution in [0, 0.1) is 11.8 Å². The molecule has 0 aliphatic heterocycles. The Kier molecular flexibility index (Phi) is 25.0. The predicted octanol–water partition coefficient (Wildman–Crippen LogP) is 6.34. The number of hydroxylamine groups is 4. The van der Waals surface area contributed by atoms with Crippen LogP contribution in [0.5, 0.6) is 11.5 Å². The van der Waals surface area contributed by atoms with Crippen molar-refractivity contribution in [3.05, 3.63) is 82.8 Å². The fourth-order valence-electron chi connectivity index (χ4n) is 8.07. The Bertz CT molecular complexity index is 2590. The van der Waals surface area contributed by atoms with E-state index >= 15 is 0 Å². The second-order valence-corrected chi connectivity index (χ2v) is 16.9. The fourth-order valence-corrected chi connectivity index (χ4v) is 8.07. The van der Waals surface area contributed by atoms with Crippen LogP contribution in [0.25, 0.3) is 22.6 Å². The summed E-state index contributed by atoms with van der Waals surface area (Å²) in [5.41, 5.74) is -0.629. The average Bonchev–Trinajstić information content (AvgIpc) is 4.10. The zero-order valence-electron chi connectivity index (χ0n) is 42.3. The first kappa shape index (κ1) is 61.1. The monoisotopic (exact) mass is 1050 g/mol. The lowest BCUT2D eigenvalue weighted by Gasteiger charge is -2.29. The minimum atomic E-state index is -1.42. The van der Waals surface area contributed by atoms with Crippen LogP contribution in [0.15, 0.2) is 63.4 Å². The van der Waals surface area contributed by atoms with E-state index in [1.807, 2.05) is 13.8 Å². The van der Waals surface area contributed by atoms with Crippen molar-refractivity contribution in [3.8, 4) is 34.1 Å². The summed E-state index contributed by atoms with van der Waals surface area (Å²) in [5, 5.41) is 69.0. The van der Waals surface area contributed by atoms with Gasteiger partial charge in [-0.3, -0.25) is 39.2 Å². The molecule has 24 nitrogen and oxygen atoms in total. The lowest BCUT2D eigenvalue weighted by molar-refractivity contribution is -0.169. The molecular formula is C51H66N6O18. The summed E-state index contributed by atoms with van der Waals surface area (Å²) in [6.45, 7) is 8.94. The van der Waals surface area contributed by atoms with Crippen molar-refractivity contribution in [2.24, 2.45) is 11.8 Å². The normalized spacial score (nSPS) is 12.3. The number of carbonyl (C=O) groups is 9. The van der Waals surface area contributed by atoms with E-state index in [-0.39, 0.29) is 78.2 Å². The predicted molar refractivity (Wildman–Crippen MR) is 266 cm³/mol. The van der Waals surface area contributed by atoms with E-state index in [0.717, 1.165) is 50.7 Å². The zero-order valence-corrected chi connectivity index (χ0v) is 42.3. The molecule has 2 unspecified atom stereocenters.